The highest BCUT2D eigenvalue weighted by molar-refractivity contribution is 5.97. The van der Waals surface area contributed by atoms with Gasteiger partial charge in [0.15, 0.2) is 6.61 Å². The van der Waals surface area contributed by atoms with Crippen molar-refractivity contribution >= 4 is 23.2 Å². The average Bonchev–Trinajstić information content (AvgIpc) is 2.48. The number of nitrogens with one attached hydrogen (secondary N) is 2. The molecule has 21 heavy (non-hydrogen) atoms. The lowest BCUT2D eigenvalue weighted by Crippen LogP contribution is -2.25. The van der Waals surface area contributed by atoms with Crippen LogP contribution < -0.4 is 15.4 Å². The Labute approximate surface area is 121 Å². The van der Waals surface area contributed by atoms with Crippen LogP contribution in [0.1, 0.15) is 5.56 Å². The topological polar surface area (TPSA) is 80.3 Å². The predicted octanol–water partition coefficient (Wildman–Crippen LogP) is 1.59. The van der Waals surface area contributed by atoms with Gasteiger partial charge in [-0.1, -0.05) is 6.07 Å². The zero-order valence-corrected chi connectivity index (χ0v) is 11.1. The number of benzene rings is 1. The lowest BCUT2D eigenvalue weighted by atomic mass is 10.2. The van der Waals surface area contributed by atoms with Gasteiger partial charge in [0.1, 0.15) is 5.75 Å². The second-order valence-electron chi connectivity index (χ2n) is 4.63. The highest BCUT2D eigenvalue weighted by atomic mass is 16.5. The van der Waals surface area contributed by atoms with Gasteiger partial charge in [-0.2, -0.15) is 0 Å². The van der Waals surface area contributed by atoms with Crippen molar-refractivity contribution in [2.24, 2.45) is 0 Å². The van der Waals surface area contributed by atoms with Gasteiger partial charge in [-0.15, -0.1) is 0 Å². The molecule has 106 valence electrons. The molecule has 6 heteroatoms. The Morgan fingerprint density at radius 2 is 2.29 bits per heavy atom. The molecule has 2 heterocycles. The zero-order chi connectivity index (χ0) is 14.7. The van der Waals surface area contributed by atoms with Gasteiger partial charge >= 0.3 is 0 Å². The molecule has 0 saturated carbocycles. The smallest absolute Gasteiger partial charge is 0.262 e. The normalized spacial score (nSPS) is 12.9. The molecule has 0 unspecified atom stereocenters. The van der Waals surface area contributed by atoms with Crippen LogP contribution in [0.5, 0.6) is 5.75 Å². The van der Waals surface area contributed by atoms with E-state index >= 15 is 0 Å². The number of aromatic nitrogens is 1. The van der Waals surface area contributed by atoms with Gasteiger partial charge in [0.05, 0.1) is 12.1 Å². The van der Waals surface area contributed by atoms with Gasteiger partial charge in [-0.3, -0.25) is 14.6 Å². The van der Waals surface area contributed by atoms with Crippen LogP contribution in [0.4, 0.5) is 11.4 Å². The summed E-state index contributed by atoms with van der Waals surface area (Å²) < 4.78 is 5.30. The molecule has 1 aromatic carbocycles. The highest BCUT2D eigenvalue weighted by Crippen LogP contribution is 2.30. The molecule has 2 amide bonds. The maximum atomic E-state index is 12.0. The van der Waals surface area contributed by atoms with Crippen molar-refractivity contribution in [2.75, 3.05) is 17.2 Å². The summed E-state index contributed by atoms with van der Waals surface area (Å²) in [5, 5.41) is 5.49. The second-order valence-corrected chi connectivity index (χ2v) is 4.63. The molecular formula is C15H13N3O3. The van der Waals surface area contributed by atoms with E-state index in [0.29, 0.717) is 17.1 Å². The van der Waals surface area contributed by atoms with Crippen LogP contribution in [0.15, 0.2) is 42.7 Å². The number of rotatable bonds is 3. The third kappa shape index (κ3) is 3.17. The second kappa shape index (κ2) is 5.62. The Bertz CT molecular complexity index is 686. The third-order valence-corrected chi connectivity index (χ3v) is 2.99. The molecule has 0 bridgehead atoms. The molecule has 1 aromatic heterocycles. The Hall–Kier alpha value is -2.89. The van der Waals surface area contributed by atoms with Crippen LogP contribution in [-0.4, -0.2) is 23.4 Å². The van der Waals surface area contributed by atoms with Gasteiger partial charge in [0, 0.05) is 24.1 Å². The van der Waals surface area contributed by atoms with Crippen molar-refractivity contribution in [2.45, 2.75) is 6.42 Å². The van der Waals surface area contributed by atoms with Gasteiger partial charge in [0.2, 0.25) is 5.91 Å². The van der Waals surface area contributed by atoms with Gasteiger partial charge in [-0.05, 0) is 23.8 Å². The van der Waals surface area contributed by atoms with Crippen LogP contribution in [0.25, 0.3) is 0 Å². The summed E-state index contributed by atoms with van der Waals surface area (Å²) in [6.07, 6.45) is 3.57. The Morgan fingerprint density at radius 3 is 3.10 bits per heavy atom. The van der Waals surface area contributed by atoms with E-state index in [-0.39, 0.29) is 24.8 Å². The minimum atomic E-state index is -0.184. The van der Waals surface area contributed by atoms with Crippen molar-refractivity contribution in [3.63, 3.8) is 0 Å². The lowest BCUT2D eigenvalue weighted by Gasteiger charge is -2.18. The number of anilines is 2. The summed E-state index contributed by atoms with van der Waals surface area (Å²) in [6.45, 7) is -0.0138. The number of amides is 2. The molecule has 2 N–H and O–H groups in total. The first-order valence-corrected chi connectivity index (χ1v) is 6.46. The first kappa shape index (κ1) is 13.1. The number of hydrogen-bond acceptors (Lipinski definition) is 4. The molecule has 1 aliphatic heterocycles. The number of nitrogens with zero attached hydrogens (tertiary/aromatic N) is 1. The molecule has 0 atom stereocenters. The van der Waals surface area contributed by atoms with E-state index in [1.807, 2.05) is 6.07 Å². The molecule has 0 radical (unpaired) electrons. The van der Waals surface area contributed by atoms with Gasteiger partial charge in [-0.25, -0.2) is 0 Å². The fraction of sp³-hybridized carbons (Fsp3) is 0.133. The quantitative estimate of drug-likeness (QED) is 0.896. The van der Waals surface area contributed by atoms with Crippen molar-refractivity contribution in [3.8, 4) is 5.75 Å². The van der Waals surface area contributed by atoms with Crippen molar-refractivity contribution < 1.29 is 14.3 Å². The number of fused-ring (bicyclic) bond motifs is 1. The molecule has 1 aliphatic rings. The van der Waals surface area contributed by atoms with E-state index in [0.717, 1.165) is 5.56 Å². The third-order valence-electron chi connectivity index (χ3n) is 2.99. The van der Waals surface area contributed by atoms with Crippen molar-refractivity contribution in [1.29, 1.82) is 0 Å². The van der Waals surface area contributed by atoms with Crippen LogP contribution in [0.3, 0.4) is 0 Å². The number of ether oxygens (including phenoxy) is 1. The Kier molecular flexibility index (Phi) is 3.51. The Balaban J connectivity index is 1.68. The van der Waals surface area contributed by atoms with Crippen LogP contribution >= 0.6 is 0 Å². The summed E-state index contributed by atoms with van der Waals surface area (Å²) >= 11 is 0. The molecule has 0 fully saturated rings. The fourth-order valence-electron chi connectivity index (χ4n) is 2.05. The number of carbonyl (C=O) groups excluding carboxylic acids is 2. The van der Waals surface area contributed by atoms with Crippen LogP contribution in [0, 0.1) is 0 Å². The van der Waals surface area contributed by atoms with Crippen LogP contribution in [-0.2, 0) is 16.0 Å². The van der Waals surface area contributed by atoms with E-state index < -0.39 is 0 Å². The maximum Gasteiger partial charge on any atom is 0.262 e. The van der Waals surface area contributed by atoms with E-state index in [9.17, 15) is 9.59 Å². The number of hydrogen-bond donors (Lipinski definition) is 2. The van der Waals surface area contributed by atoms with Crippen LogP contribution in [0.2, 0.25) is 0 Å². The summed E-state index contributed by atoms with van der Waals surface area (Å²) in [4.78, 5) is 27.1. The first-order chi connectivity index (χ1) is 10.2. The standard InChI is InChI=1S/C15H13N3O3/c19-14(6-10-2-1-5-16-8-10)17-11-3-4-12-13(7-11)21-9-15(20)18-12/h1-5,7-8H,6,9H2,(H,17,19)(H,18,20). The largest absolute Gasteiger partial charge is 0.482 e. The summed E-state index contributed by atoms with van der Waals surface area (Å²) in [5.74, 6) is 0.229. The minimum Gasteiger partial charge on any atom is -0.482 e. The van der Waals surface area contributed by atoms with E-state index in [2.05, 4.69) is 15.6 Å². The highest BCUT2D eigenvalue weighted by Gasteiger charge is 2.16. The number of carbonyl (C=O) groups is 2. The number of pyridine rings is 1. The van der Waals surface area contributed by atoms with Crippen molar-refractivity contribution in [1.82, 2.24) is 4.98 Å². The molecule has 0 saturated heterocycles. The van der Waals surface area contributed by atoms with Gasteiger partial charge < -0.3 is 15.4 Å². The average molecular weight is 283 g/mol. The minimum absolute atomic E-state index is 0.0138. The van der Waals surface area contributed by atoms with Gasteiger partial charge in [0.25, 0.3) is 5.91 Å². The molecular weight excluding hydrogens is 270 g/mol. The SMILES string of the molecule is O=C(Cc1cccnc1)Nc1ccc2c(c1)OCC(=O)N2. The summed E-state index contributed by atoms with van der Waals surface area (Å²) in [6, 6.07) is 8.74. The maximum absolute atomic E-state index is 12.0. The Morgan fingerprint density at radius 1 is 1.38 bits per heavy atom. The molecule has 0 spiro atoms. The zero-order valence-electron chi connectivity index (χ0n) is 11.1. The lowest BCUT2D eigenvalue weighted by molar-refractivity contribution is -0.118. The van der Waals surface area contributed by atoms with Crippen molar-refractivity contribution in [3.05, 3.63) is 48.3 Å². The monoisotopic (exact) mass is 283 g/mol. The van der Waals surface area contributed by atoms with E-state index in [1.54, 1.807) is 36.7 Å². The predicted molar refractivity (Wildman–Crippen MR) is 77.1 cm³/mol. The van der Waals surface area contributed by atoms with E-state index in [1.165, 1.54) is 0 Å². The summed E-state index contributed by atoms with van der Waals surface area (Å²) in [5.41, 5.74) is 2.08. The molecule has 6 nitrogen and oxygen atoms in total. The molecule has 3 rings (SSSR count). The first-order valence-electron chi connectivity index (χ1n) is 6.46. The molecule has 2 aromatic rings. The molecule has 0 aliphatic carbocycles. The fourth-order valence-corrected chi connectivity index (χ4v) is 2.05. The summed E-state index contributed by atoms with van der Waals surface area (Å²) in [7, 11) is 0. The van der Waals surface area contributed by atoms with E-state index in [4.69, 9.17) is 4.74 Å².